The van der Waals surface area contributed by atoms with Crippen molar-refractivity contribution in [2.24, 2.45) is 0 Å². The second-order valence-corrected chi connectivity index (χ2v) is 10.1. The van der Waals surface area contributed by atoms with Gasteiger partial charge in [-0.05, 0) is 45.3 Å². The predicted molar refractivity (Wildman–Crippen MR) is 73.6 cm³/mol. The molecule has 1 aliphatic carbocycles. The molecule has 0 saturated heterocycles. The first-order valence-electron chi connectivity index (χ1n) is 5.09. The summed E-state index contributed by atoms with van der Waals surface area (Å²) in [5, 5.41) is 0. The monoisotopic (exact) mass is 332 g/mol. The maximum atomic E-state index is 11.7. The quantitative estimate of drug-likeness (QED) is 0.729. The van der Waals surface area contributed by atoms with E-state index in [-0.39, 0.29) is 11.3 Å². The van der Waals surface area contributed by atoms with Crippen molar-refractivity contribution < 1.29 is 16.8 Å². The van der Waals surface area contributed by atoms with Gasteiger partial charge in [-0.15, -0.1) is 0 Å². The summed E-state index contributed by atoms with van der Waals surface area (Å²) < 4.78 is 45.1. The first-order valence-corrected chi connectivity index (χ1v) is 9.71. The van der Waals surface area contributed by atoms with Gasteiger partial charge in [-0.1, -0.05) is 5.57 Å². The smallest absolute Gasteiger partial charge is 0.211 e. The Morgan fingerprint density at radius 3 is 1.78 bits per heavy atom. The van der Waals surface area contributed by atoms with Crippen molar-refractivity contribution in [2.45, 2.75) is 38.9 Å². The lowest BCUT2D eigenvalue weighted by molar-refractivity contribution is 0.561. The molecule has 0 fully saturated rings. The Morgan fingerprint density at radius 2 is 1.44 bits per heavy atom. The van der Waals surface area contributed by atoms with E-state index in [1.54, 1.807) is 13.8 Å². The van der Waals surface area contributed by atoms with E-state index in [2.05, 4.69) is 0 Å². The molecule has 0 unspecified atom stereocenters. The average Bonchev–Trinajstić information content (AvgIpc) is 2.10. The van der Waals surface area contributed by atoms with E-state index in [1.807, 2.05) is 0 Å². The Labute approximate surface area is 117 Å². The van der Waals surface area contributed by atoms with Crippen molar-refractivity contribution in [1.82, 2.24) is 0 Å². The Balaban J connectivity index is 3.83. The zero-order chi connectivity index (χ0) is 14.5. The summed E-state index contributed by atoms with van der Waals surface area (Å²) in [4.78, 5) is -0.324. The Hall–Kier alpha value is -0.0400. The molecule has 8 heteroatoms. The summed E-state index contributed by atoms with van der Waals surface area (Å²) in [5.74, 6) is 0. The van der Waals surface area contributed by atoms with E-state index in [1.165, 1.54) is 13.8 Å². The second-order valence-electron chi connectivity index (χ2n) is 4.64. The molecule has 0 radical (unpaired) electrons. The van der Waals surface area contributed by atoms with Gasteiger partial charge in [0, 0.05) is 21.4 Å². The van der Waals surface area contributed by atoms with Crippen molar-refractivity contribution in [3.63, 3.8) is 0 Å². The molecule has 0 aromatic heterocycles. The summed E-state index contributed by atoms with van der Waals surface area (Å²) in [7, 11) is 2.51. The lowest BCUT2D eigenvalue weighted by Gasteiger charge is -2.34. The summed E-state index contributed by atoms with van der Waals surface area (Å²) in [6, 6.07) is 0. The molecule has 0 spiro atoms. The molecule has 0 N–H and O–H groups in total. The number of allylic oxidation sites excluding steroid dienone is 3. The highest BCUT2D eigenvalue weighted by Gasteiger charge is 2.50. The minimum atomic E-state index is -4.17. The van der Waals surface area contributed by atoms with Gasteiger partial charge in [0.2, 0.25) is 9.05 Å². The fraction of sp³-hybridized carbons (Fsp3) is 0.600. The fourth-order valence-corrected chi connectivity index (χ4v) is 6.30. The maximum Gasteiger partial charge on any atom is 0.259 e. The minimum absolute atomic E-state index is 0.0172. The SMILES string of the molecule is CC1=C(C)C(C)=C(S(=O)(=O)Cl)[C@@](C)(S(=O)(=O)Cl)C1. The van der Waals surface area contributed by atoms with Gasteiger partial charge in [-0.25, -0.2) is 16.8 Å². The van der Waals surface area contributed by atoms with Gasteiger partial charge in [-0.2, -0.15) is 0 Å². The van der Waals surface area contributed by atoms with Gasteiger partial charge in [0.1, 0.15) is 4.75 Å². The van der Waals surface area contributed by atoms with Gasteiger partial charge in [0.05, 0.1) is 4.91 Å². The summed E-state index contributed by atoms with van der Waals surface area (Å²) >= 11 is 0. The van der Waals surface area contributed by atoms with E-state index >= 15 is 0 Å². The van der Waals surface area contributed by atoms with Gasteiger partial charge in [-0.3, -0.25) is 0 Å². The summed E-state index contributed by atoms with van der Waals surface area (Å²) in [6.45, 7) is 6.29. The summed E-state index contributed by atoms with van der Waals surface area (Å²) in [6.07, 6.45) is 0.0172. The third-order valence-corrected chi connectivity index (χ3v) is 7.69. The molecule has 18 heavy (non-hydrogen) atoms. The molecule has 1 aliphatic rings. The van der Waals surface area contributed by atoms with Gasteiger partial charge < -0.3 is 0 Å². The molecular formula is C10H14Cl2O4S2. The first-order chi connectivity index (χ1) is 7.82. The van der Waals surface area contributed by atoms with Crippen molar-refractivity contribution >= 4 is 39.5 Å². The van der Waals surface area contributed by atoms with E-state index in [4.69, 9.17) is 21.4 Å². The normalized spacial score (nSPS) is 26.8. The fourth-order valence-electron chi connectivity index (χ4n) is 2.24. The first kappa shape index (κ1) is 16.0. The van der Waals surface area contributed by atoms with Gasteiger partial charge in [0.15, 0.2) is 0 Å². The molecule has 0 amide bonds. The highest BCUT2D eigenvalue weighted by Crippen LogP contribution is 2.46. The largest absolute Gasteiger partial charge is 0.259 e. The standard InChI is InChI=1S/C10H14Cl2O4S2/c1-6-5-10(4,18(12,15)16)9(17(11,13)14)8(3)7(6)2/h5H2,1-4H3/t10-/m0/s1. The molecule has 0 aliphatic heterocycles. The van der Waals surface area contributed by atoms with E-state index in [0.29, 0.717) is 5.57 Å². The lowest BCUT2D eigenvalue weighted by Crippen LogP contribution is -2.39. The van der Waals surface area contributed by atoms with Crippen LogP contribution in [0, 0.1) is 0 Å². The van der Waals surface area contributed by atoms with Crippen LogP contribution in [0.3, 0.4) is 0 Å². The molecule has 1 atom stereocenters. The predicted octanol–water partition coefficient (Wildman–Crippen LogP) is 2.90. The molecule has 0 bridgehead atoms. The van der Waals surface area contributed by atoms with Crippen LogP contribution in [0.5, 0.6) is 0 Å². The zero-order valence-electron chi connectivity index (χ0n) is 10.4. The van der Waals surface area contributed by atoms with Crippen LogP contribution >= 0.6 is 21.4 Å². The Bertz CT molecular complexity index is 656. The molecule has 0 saturated carbocycles. The van der Waals surface area contributed by atoms with Crippen molar-refractivity contribution in [1.29, 1.82) is 0 Å². The highest BCUT2D eigenvalue weighted by atomic mass is 35.7. The minimum Gasteiger partial charge on any atom is -0.211 e. The zero-order valence-corrected chi connectivity index (χ0v) is 13.6. The maximum absolute atomic E-state index is 11.7. The van der Waals surface area contributed by atoms with Gasteiger partial charge >= 0.3 is 0 Å². The topological polar surface area (TPSA) is 68.3 Å². The molecule has 0 aromatic carbocycles. The van der Waals surface area contributed by atoms with Crippen LogP contribution in [0.15, 0.2) is 21.6 Å². The highest BCUT2D eigenvalue weighted by molar-refractivity contribution is 8.19. The second kappa shape index (κ2) is 4.51. The summed E-state index contributed by atoms with van der Waals surface area (Å²) in [5.41, 5.74) is 1.86. The molecule has 4 nitrogen and oxygen atoms in total. The van der Waals surface area contributed by atoms with E-state index in [9.17, 15) is 16.8 Å². The third-order valence-electron chi connectivity index (χ3n) is 3.41. The van der Waals surface area contributed by atoms with Crippen LogP contribution in [0.1, 0.15) is 34.1 Å². The van der Waals surface area contributed by atoms with Crippen molar-refractivity contribution in [3.05, 3.63) is 21.6 Å². The Morgan fingerprint density at radius 1 is 1.00 bits per heavy atom. The van der Waals surface area contributed by atoms with Crippen LogP contribution in [-0.4, -0.2) is 21.6 Å². The van der Waals surface area contributed by atoms with E-state index < -0.39 is 22.8 Å². The van der Waals surface area contributed by atoms with Crippen LogP contribution in [-0.2, 0) is 18.1 Å². The molecular weight excluding hydrogens is 319 g/mol. The Kier molecular flexibility index (Phi) is 4.01. The van der Waals surface area contributed by atoms with Crippen molar-refractivity contribution in [3.8, 4) is 0 Å². The third kappa shape index (κ3) is 2.48. The van der Waals surface area contributed by atoms with E-state index in [0.717, 1.165) is 11.1 Å². The number of halogens is 2. The lowest BCUT2D eigenvalue weighted by atomic mass is 9.86. The van der Waals surface area contributed by atoms with Crippen LogP contribution in [0.4, 0.5) is 0 Å². The van der Waals surface area contributed by atoms with Gasteiger partial charge in [0.25, 0.3) is 9.05 Å². The molecule has 0 heterocycles. The van der Waals surface area contributed by atoms with Crippen LogP contribution in [0.25, 0.3) is 0 Å². The number of rotatable bonds is 2. The van der Waals surface area contributed by atoms with Crippen molar-refractivity contribution in [2.75, 3.05) is 0 Å². The average molecular weight is 333 g/mol. The number of hydrogen-bond acceptors (Lipinski definition) is 4. The van der Waals surface area contributed by atoms with Crippen LogP contribution < -0.4 is 0 Å². The molecule has 0 aromatic rings. The number of hydrogen-bond donors (Lipinski definition) is 0. The van der Waals surface area contributed by atoms with Crippen LogP contribution in [0.2, 0.25) is 0 Å². The molecule has 1 rings (SSSR count). The molecule has 104 valence electrons.